The second kappa shape index (κ2) is 11.7. The Morgan fingerprint density at radius 2 is 1.86 bits per heavy atom. The predicted molar refractivity (Wildman–Crippen MR) is 120 cm³/mol. The van der Waals surface area contributed by atoms with Gasteiger partial charge in [0.1, 0.15) is 5.75 Å². The number of aryl methyl sites for hydroxylation is 1. The molecule has 0 heterocycles. The van der Waals surface area contributed by atoms with Gasteiger partial charge in [0.2, 0.25) is 0 Å². The molecule has 0 aromatic heterocycles. The molecule has 28 heavy (non-hydrogen) atoms. The van der Waals surface area contributed by atoms with Gasteiger partial charge in [-0.2, -0.15) is 0 Å². The van der Waals surface area contributed by atoms with Crippen LogP contribution in [0.1, 0.15) is 37.0 Å². The van der Waals surface area contributed by atoms with Crippen LogP contribution in [0.15, 0.2) is 48.5 Å². The first-order valence-electron chi connectivity index (χ1n) is 9.90. The number of nitrogens with one attached hydrogen (secondary N) is 1. The van der Waals surface area contributed by atoms with Gasteiger partial charge in [0, 0.05) is 24.7 Å². The number of rotatable bonds is 10. The molecular weight excluding hydrogens is 368 g/mol. The van der Waals surface area contributed by atoms with Gasteiger partial charge < -0.3 is 20.1 Å². The zero-order valence-electron chi connectivity index (χ0n) is 17.1. The van der Waals surface area contributed by atoms with Crippen LogP contribution in [0.2, 0.25) is 0 Å². The van der Waals surface area contributed by atoms with Crippen LogP contribution >= 0.6 is 12.2 Å². The van der Waals surface area contributed by atoms with E-state index in [9.17, 15) is 5.11 Å². The number of ether oxygens (including phenoxy) is 1. The van der Waals surface area contributed by atoms with Gasteiger partial charge in [-0.05, 0) is 62.5 Å². The fourth-order valence-corrected chi connectivity index (χ4v) is 3.59. The Bertz CT molecular complexity index is 735. The molecule has 2 aromatic carbocycles. The molecule has 0 aliphatic carbocycles. The third-order valence-corrected chi connectivity index (χ3v) is 5.18. The molecule has 0 saturated carbocycles. The van der Waals surface area contributed by atoms with Gasteiger partial charge in [-0.1, -0.05) is 42.5 Å². The number of benzene rings is 2. The second-order valence-electron chi connectivity index (χ2n) is 7.16. The topological polar surface area (TPSA) is 44.7 Å². The largest absolute Gasteiger partial charge is 0.496 e. The van der Waals surface area contributed by atoms with Crippen LogP contribution in [0.5, 0.6) is 5.75 Å². The lowest BCUT2D eigenvalue weighted by Gasteiger charge is -2.30. The van der Waals surface area contributed by atoms with E-state index in [0.29, 0.717) is 6.04 Å². The van der Waals surface area contributed by atoms with Gasteiger partial charge in [-0.15, -0.1) is 0 Å². The Morgan fingerprint density at radius 3 is 2.50 bits per heavy atom. The number of hydrogen-bond donors (Lipinski definition) is 2. The third-order valence-electron chi connectivity index (χ3n) is 4.80. The summed E-state index contributed by atoms with van der Waals surface area (Å²) in [6.07, 6.45) is 2.90. The number of aliphatic hydroxyl groups is 1. The lowest BCUT2D eigenvalue weighted by Crippen LogP contribution is -2.44. The SMILES string of the molecule is COc1cc(CCCN(C(=S)NCCc2ccccc2)C(C)C)ccc1CO. The first-order chi connectivity index (χ1) is 13.5. The second-order valence-corrected chi connectivity index (χ2v) is 7.55. The van der Waals surface area contributed by atoms with Crippen LogP contribution in [-0.2, 0) is 19.4 Å². The lowest BCUT2D eigenvalue weighted by atomic mass is 10.1. The molecule has 0 radical (unpaired) electrons. The van der Waals surface area contributed by atoms with Crippen molar-refractivity contribution in [2.24, 2.45) is 0 Å². The molecule has 2 N–H and O–H groups in total. The van der Waals surface area contributed by atoms with Crippen LogP contribution in [0.4, 0.5) is 0 Å². The quantitative estimate of drug-likeness (QED) is 0.591. The fraction of sp³-hybridized carbons (Fsp3) is 0.435. The van der Waals surface area contributed by atoms with E-state index in [1.165, 1.54) is 11.1 Å². The molecule has 0 saturated heterocycles. The molecule has 0 aliphatic heterocycles. The first kappa shape index (κ1) is 22.2. The number of thiocarbonyl (C=S) groups is 1. The van der Waals surface area contributed by atoms with E-state index in [0.717, 1.165) is 48.8 Å². The van der Waals surface area contributed by atoms with Gasteiger partial charge in [-0.25, -0.2) is 0 Å². The highest BCUT2D eigenvalue weighted by molar-refractivity contribution is 7.80. The molecule has 0 aliphatic rings. The van der Waals surface area contributed by atoms with E-state index in [-0.39, 0.29) is 6.61 Å². The minimum Gasteiger partial charge on any atom is -0.496 e. The van der Waals surface area contributed by atoms with Crippen molar-refractivity contribution in [3.05, 3.63) is 65.2 Å². The normalized spacial score (nSPS) is 10.8. The van der Waals surface area contributed by atoms with E-state index in [2.05, 4.69) is 54.4 Å². The van der Waals surface area contributed by atoms with Crippen LogP contribution in [-0.4, -0.2) is 41.4 Å². The zero-order valence-corrected chi connectivity index (χ0v) is 18.0. The minimum absolute atomic E-state index is 0.00645. The van der Waals surface area contributed by atoms with Crippen molar-refractivity contribution in [1.29, 1.82) is 0 Å². The highest BCUT2D eigenvalue weighted by Gasteiger charge is 2.13. The molecular formula is C23H32N2O2S. The van der Waals surface area contributed by atoms with Crippen LogP contribution in [0.25, 0.3) is 0 Å². The molecule has 0 bridgehead atoms. The summed E-state index contributed by atoms with van der Waals surface area (Å²) in [6, 6.07) is 16.8. The minimum atomic E-state index is -0.00645. The molecule has 2 aromatic rings. The molecule has 4 nitrogen and oxygen atoms in total. The van der Waals surface area contributed by atoms with Gasteiger partial charge >= 0.3 is 0 Å². The summed E-state index contributed by atoms with van der Waals surface area (Å²) >= 11 is 5.64. The fourth-order valence-electron chi connectivity index (χ4n) is 3.18. The zero-order chi connectivity index (χ0) is 20.4. The Morgan fingerprint density at radius 1 is 1.11 bits per heavy atom. The summed E-state index contributed by atoms with van der Waals surface area (Å²) in [6.45, 7) is 6.08. The van der Waals surface area contributed by atoms with E-state index in [1.807, 2.05) is 18.2 Å². The Kier molecular flexibility index (Phi) is 9.24. The van der Waals surface area contributed by atoms with Crippen molar-refractivity contribution < 1.29 is 9.84 Å². The average molecular weight is 401 g/mol. The van der Waals surface area contributed by atoms with Crippen molar-refractivity contribution in [3.63, 3.8) is 0 Å². The molecule has 0 fully saturated rings. The maximum atomic E-state index is 9.35. The van der Waals surface area contributed by atoms with Crippen LogP contribution in [0, 0.1) is 0 Å². The summed E-state index contributed by atoms with van der Waals surface area (Å²) in [7, 11) is 1.64. The number of nitrogens with zero attached hydrogens (tertiary/aromatic N) is 1. The van der Waals surface area contributed by atoms with E-state index >= 15 is 0 Å². The monoisotopic (exact) mass is 400 g/mol. The standard InChI is InChI=1S/C23H32N2O2S/c1-18(2)25(23(28)24-14-13-19-8-5-4-6-9-19)15-7-10-20-11-12-21(17-26)22(16-20)27-3/h4-6,8-9,11-12,16,18,26H,7,10,13-15,17H2,1-3H3,(H,24,28). The maximum absolute atomic E-state index is 9.35. The number of hydrogen-bond acceptors (Lipinski definition) is 3. The van der Waals surface area contributed by atoms with Gasteiger partial charge in [0.15, 0.2) is 5.11 Å². The van der Waals surface area contributed by atoms with Crippen LogP contribution < -0.4 is 10.1 Å². The van der Waals surface area contributed by atoms with Crippen molar-refractivity contribution in [1.82, 2.24) is 10.2 Å². The molecule has 0 atom stereocenters. The Labute approximate surface area is 174 Å². The first-order valence-corrected chi connectivity index (χ1v) is 10.3. The molecule has 152 valence electrons. The van der Waals surface area contributed by atoms with Gasteiger partial charge in [0.25, 0.3) is 0 Å². The van der Waals surface area contributed by atoms with Crippen molar-refractivity contribution in [3.8, 4) is 5.75 Å². The van der Waals surface area contributed by atoms with Crippen molar-refractivity contribution >= 4 is 17.3 Å². The van der Waals surface area contributed by atoms with Crippen LogP contribution in [0.3, 0.4) is 0 Å². The predicted octanol–water partition coefficient (Wildman–Crippen LogP) is 3.95. The highest BCUT2D eigenvalue weighted by Crippen LogP contribution is 2.21. The third kappa shape index (κ3) is 6.80. The summed E-state index contributed by atoms with van der Waals surface area (Å²) in [5, 5.41) is 13.6. The van der Waals surface area contributed by atoms with E-state index < -0.39 is 0 Å². The number of aliphatic hydroxyl groups excluding tert-OH is 1. The van der Waals surface area contributed by atoms with Crippen molar-refractivity contribution in [2.45, 2.75) is 45.8 Å². The molecule has 5 heteroatoms. The van der Waals surface area contributed by atoms with Gasteiger partial charge in [0.05, 0.1) is 13.7 Å². The van der Waals surface area contributed by atoms with Crippen molar-refractivity contribution in [2.75, 3.05) is 20.2 Å². The molecule has 0 amide bonds. The average Bonchev–Trinajstić information content (AvgIpc) is 2.71. The summed E-state index contributed by atoms with van der Waals surface area (Å²) in [5.41, 5.74) is 3.34. The molecule has 2 rings (SSSR count). The lowest BCUT2D eigenvalue weighted by molar-refractivity contribution is 0.273. The maximum Gasteiger partial charge on any atom is 0.169 e. The Hall–Kier alpha value is -2.11. The Balaban J connectivity index is 1.82. The smallest absolute Gasteiger partial charge is 0.169 e. The highest BCUT2D eigenvalue weighted by atomic mass is 32.1. The number of methoxy groups -OCH3 is 1. The summed E-state index contributed by atoms with van der Waals surface area (Å²) in [4.78, 5) is 2.25. The van der Waals surface area contributed by atoms with E-state index in [1.54, 1.807) is 7.11 Å². The summed E-state index contributed by atoms with van der Waals surface area (Å²) < 4.78 is 5.36. The van der Waals surface area contributed by atoms with Gasteiger partial charge in [-0.3, -0.25) is 0 Å². The summed E-state index contributed by atoms with van der Waals surface area (Å²) in [5.74, 6) is 0.749. The molecule has 0 spiro atoms. The molecule has 0 unspecified atom stereocenters. The van der Waals surface area contributed by atoms with E-state index in [4.69, 9.17) is 17.0 Å².